The largest absolute Gasteiger partial charge is 0.377 e. The van der Waals surface area contributed by atoms with E-state index in [1.807, 2.05) is 0 Å². The lowest BCUT2D eigenvalue weighted by molar-refractivity contribution is 0.475. The van der Waals surface area contributed by atoms with E-state index in [1.165, 1.54) is 12.8 Å². The molecule has 0 radical (unpaired) electrons. The zero-order chi connectivity index (χ0) is 13.3. The molecule has 0 aromatic rings. The summed E-state index contributed by atoms with van der Waals surface area (Å²) in [5.74, 6) is 9.39. The van der Waals surface area contributed by atoms with Crippen LogP contribution >= 0.6 is 0 Å². The van der Waals surface area contributed by atoms with Gasteiger partial charge in [0.05, 0.1) is 13.2 Å². The molecule has 1 heteroatoms. The van der Waals surface area contributed by atoms with Gasteiger partial charge in [0.25, 0.3) is 0 Å². The van der Waals surface area contributed by atoms with Crippen LogP contribution in [0.1, 0.15) is 54.4 Å². The van der Waals surface area contributed by atoms with Crippen molar-refractivity contribution in [2.24, 2.45) is 23.7 Å². The van der Waals surface area contributed by atoms with Crippen molar-refractivity contribution in [1.29, 1.82) is 0 Å². The van der Waals surface area contributed by atoms with E-state index in [0.29, 0.717) is 11.8 Å². The normalized spacial score (nSPS) is 16.7. The van der Waals surface area contributed by atoms with Crippen molar-refractivity contribution in [2.75, 3.05) is 13.2 Å². The van der Waals surface area contributed by atoms with Gasteiger partial charge in [-0.2, -0.15) is 0 Å². The van der Waals surface area contributed by atoms with Gasteiger partial charge in [-0.3, -0.25) is 0 Å². The second-order valence-electron chi connectivity index (χ2n) is 5.96. The molecule has 0 aliphatic carbocycles. The molecule has 1 heterocycles. The molecule has 17 heavy (non-hydrogen) atoms. The third kappa shape index (κ3) is 15.5. The highest BCUT2D eigenvalue weighted by Gasteiger charge is 2.03. The summed E-state index contributed by atoms with van der Waals surface area (Å²) in [4.78, 5) is 0. The van der Waals surface area contributed by atoms with E-state index < -0.39 is 0 Å². The Labute approximate surface area is 108 Å². The summed E-state index contributed by atoms with van der Waals surface area (Å²) < 4.78 is 4.50. The molecular formula is C16H30O. The molecule has 1 nitrogen and oxygen atoms in total. The fourth-order valence-electron chi connectivity index (χ4n) is 1.82. The van der Waals surface area contributed by atoms with Gasteiger partial charge in [-0.05, 0) is 24.7 Å². The first-order valence-corrected chi connectivity index (χ1v) is 7.00. The Kier molecular flexibility index (Phi) is 9.27. The van der Waals surface area contributed by atoms with Crippen molar-refractivity contribution < 1.29 is 4.74 Å². The summed E-state index contributed by atoms with van der Waals surface area (Å²) >= 11 is 0. The molecule has 0 aromatic heterocycles. The zero-order valence-corrected chi connectivity index (χ0v) is 12.5. The van der Waals surface area contributed by atoms with Crippen LogP contribution in [0.5, 0.6) is 0 Å². The Morgan fingerprint density at radius 1 is 0.765 bits per heavy atom. The molecule has 0 saturated carbocycles. The van der Waals surface area contributed by atoms with E-state index >= 15 is 0 Å². The first-order valence-electron chi connectivity index (χ1n) is 7.00. The summed E-state index contributed by atoms with van der Waals surface area (Å²) in [5, 5.41) is 0. The summed E-state index contributed by atoms with van der Waals surface area (Å²) in [6.45, 7) is 15.5. The van der Waals surface area contributed by atoms with Crippen LogP contribution in [0.25, 0.3) is 0 Å². The Morgan fingerprint density at radius 2 is 1.06 bits per heavy atom. The molecule has 0 N–H and O–H groups in total. The monoisotopic (exact) mass is 238 g/mol. The van der Waals surface area contributed by atoms with Crippen LogP contribution in [0, 0.1) is 35.5 Å². The molecule has 1 aliphatic heterocycles. The van der Waals surface area contributed by atoms with Gasteiger partial charge in [0.1, 0.15) is 0 Å². The standard InChI is InChI=1S/C14H26.C2H4O/c1-11(2)9-13(5)7-8-14(6)10-12(3)4;1-2-3-1/h11-14H,9-10H2,1-6H3;1-2H2. The highest BCUT2D eigenvalue weighted by atomic mass is 16.6. The molecule has 1 aliphatic rings. The van der Waals surface area contributed by atoms with E-state index in [-0.39, 0.29) is 0 Å². The summed E-state index contributed by atoms with van der Waals surface area (Å²) in [7, 11) is 0. The maximum absolute atomic E-state index is 4.50. The molecule has 2 unspecified atom stereocenters. The smallest absolute Gasteiger partial charge is 0.0701 e. The molecule has 1 fully saturated rings. The molecule has 2 atom stereocenters. The van der Waals surface area contributed by atoms with Gasteiger partial charge in [-0.25, -0.2) is 0 Å². The third-order valence-corrected chi connectivity index (χ3v) is 2.43. The highest BCUT2D eigenvalue weighted by Crippen LogP contribution is 2.12. The van der Waals surface area contributed by atoms with Crippen molar-refractivity contribution >= 4 is 0 Å². The van der Waals surface area contributed by atoms with Crippen LogP contribution in [-0.2, 0) is 4.74 Å². The van der Waals surface area contributed by atoms with Crippen molar-refractivity contribution in [1.82, 2.24) is 0 Å². The molecule has 100 valence electrons. The van der Waals surface area contributed by atoms with Crippen LogP contribution in [-0.4, -0.2) is 13.2 Å². The second-order valence-corrected chi connectivity index (χ2v) is 5.96. The quantitative estimate of drug-likeness (QED) is 0.523. The van der Waals surface area contributed by atoms with Crippen molar-refractivity contribution in [3.05, 3.63) is 0 Å². The molecule has 0 bridgehead atoms. The number of hydrogen-bond donors (Lipinski definition) is 0. The Balaban J connectivity index is 0.000000728. The number of epoxide rings is 1. The summed E-state index contributed by atoms with van der Waals surface area (Å²) in [6.07, 6.45) is 2.45. The van der Waals surface area contributed by atoms with Gasteiger partial charge < -0.3 is 4.74 Å². The molecular weight excluding hydrogens is 208 g/mol. The van der Waals surface area contributed by atoms with E-state index in [4.69, 9.17) is 0 Å². The maximum Gasteiger partial charge on any atom is 0.0701 e. The van der Waals surface area contributed by atoms with Gasteiger partial charge >= 0.3 is 0 Å². The molecule has 0 spiro atoms. The SMILES string of the molecule is C1CO1.CC(C)CC(C)C#CC(C)CC(C)C. The van der Waals surface area contributed by atoms with Gasteiger partial charge in [0.15, 0.2) is 0 Å². The van der Waals surface area contributed by atoms with Crippen LogP contribution in [0.2, 0.25) is 0 Å². The van der Waals surface area contributed by atoms with Gasteiger partial charge in [0, 0.05) is 11.8 Å². The first kappa shape index (κ1) is 16.5. The Morgan fingerprint density at radius 3 is 1.24 bits per heavy atom. The van der Waals surface area contributed by atoms with Crippen LogP contribution in [0.3, 0.4) is 0 Å². The minimum atomic E-state index is 0.560. The molecule has 0 aromatic carbocycles. The average molecular weight is 238 g/mol. The predicted molar refractivity (Wildman–Crippen MR) is 75.8 cm³/mol. The van der Waals surface area contributed by atoms with Crippen molar-refractivity contribution in [3.63, 3.8) is 0 Å². The average Bonchev–Trinajstić information content (AvgIpc) is 2.99. The van der Waals surface area contributed by atoms with Gasteiger partial charge in [-0.1, -0.05) is 53.4 Å². The molecule has 1 saturated heterocycles. The topological polar surface area (TPSA) is 12.5 Å². The number of rotatable bonds is 4. The van der Waals surface area contributed by atoms with E-state index in [0.717, 1.165) is 25.0 Å². The van der Waals surface area contributed by atoms with Crippen LogP contribution in [0.15, 0.2) is 0 Å². The first-order chi connectivity index (χ1) is 7.91. The molecule has 0 amide bonds. The van der Waals surface area contributed by atoms with E-state index in [1.54, 1.807) is 0 Å². The molecule has 1 rings (SSSR count). The maximum atomic E-state index is 4.50. The summed E-state index contributed by atoms with van der Waals surface area (Å²) in [6, 6.07) is 0. The Bertz CT molecular complexity index is 207. The van der Waals surface area contributed by atoms with Crippen molar-refractivity contribution in [3.8, 4) is 11.8 Å². The Hall–Kier alpha value is -0.480. The second kappa shape index (κ2) is 9.54. The number of hydrogen-bond acceptors (Lipinski definition) is 1. The van der Waals surface area contributed by atoms with Crippen LogP contribution in [0.4, 0.5) is 0 Å². The fraction of sp³-hybridized carbons (Fsp3) is 0.875. The predicted octanol–water partition coefficient (Wildman–Crippen LogP) is 4.37. The summed E-state index contributed by atoms with van der Waals surface area (Å²) in [5.41, 5.74) is 0. The van der Waals surface area contributed by atoms with Gasteiger partial charge in [-0.15, -0.1) is 0 Å². The lowest BCUT2D eigenvalue weighted by atomic mass is 9.96. The number of ether oxygens (including phenoxy) is 1. The van der Waals surface area contributed by atoms with Gasteiger partial charge in [0.2, 0.25) is 0 Å². The van der Waals surface area contributed by atoms with E-state index in [9.17, 15) is 0 Å². The van der Waals surface area contributed by atoms with E-state index in [2.05, 4.69) is 58.1 Å². The zero-order valence-electron chi connectivity index (χ0n) is 12.5. The lowest BCUT2D eigenvalue weighted by Gasteiger charge is -2.09. The lowest BCUT2D eigenvalue weighted by Crippen LogP contribution is -2.00. The fourth-order valence-corrected chi connectivity index (χ4v) is 1.82. The highest BCUT2D eigenvalue weighted by molar-refractivity contribution is 5.05. The minimum Gasteiger partial charge on any atom is -0.377 e. The van der Waals surface area contributed by atoms with Crippen LogP contribution < -0.4 is 0 Å². The van der Waals surface area contributed by atoms with Crippen molar-refractivity contribution in [2.45, 2.75) is 54.4 Å². The minimum absolute atomic E-state index is 0.560. The third-order valence-electron chi connectivity index (χ3n) is 2.43.